The maximum Gasteiger partial charge on any atom is 0.292 e. The molecule has 8 heteroatoms. The summed E-state index contributed by atoms with van der Waals surface area (Å²) in [6.45, 7) is 0.776. The molecule has 0 unspecified atom stereocenters. The largest absolute Gasteiger partial charge is 0.486 e. The van der Waals surface area contributed by atoms with Crippen LogP contribution in [0.15, 0.2) is 81.8 Å². The fourth-order valence-electron chi connectivity index (χ4n) is 2.78. The molecule has 4 rings (SSSR count). The molecule has 2 aromatic carbocycles. The molecule has 0 saturated carbocycles. The monoisotopic (exact) mass is 485 g/mol. The molecule has 2 aromatic heterocycles. The minimum atomic E-state index is -0.377. The maximum absolute atomic E-state index is 12.4. The minimum Gasteiger partial charge on any atom is -0.486 e. The molecule has 1 N–H and O–H groups in total. The summed E-state index contributed by atoms with van der Waals surface area (Å²) in [5.41, 5.74) is 1.02. The predicted molar refractivity (Wildman–Crippen MR) is 118 cm³/mol. The van der Waals surface area contributed by atoms with Gasteiger partial charge in [0, 0.05) is 21.8 Å². The van der Waals surface area contributed by atoms with Crippen molar-refractivity contribution in [3.63, 3.8) is 0 Å². The Morgan fingerprint density at radius 1 is 1.13 bits per heavy atom. The van der Waals surface area contributed by atoms with Gasteiger partial charge in [0.1, 0.15) is 18.1 Å². The lowest BCUT2D eigenvalue weighted by molar-refractivity contribution is 0.0992. The molecule has 0 aliphatic rings. The number of nitrogens with zero attached hydrogens (tertiary/aromatic N) is 2. The van der Waals surface area contributed by atoms with Crippen LogP contribution in [0.3, 0.4) is 0 Å². The average molecular weight is 487 g/mol. The molecule has 0 aliphatic carbocycles. The smallest absolute Gasteiger partial charge is 0.292 e. The Hall–Kier alpha value is -3.03. The Morgan fingerprint density at radius 3 is 2.77 bits per heavy atom. The van der Waals surface area contributed by atoms with Gasteiger partial charge in [-0.25, -0.2) is 0 Å². The normalized spacial score (nSPS) is 10.7. The van der Waals surface area contributed by atoms with Crippen molar-refractivity contribution in [2.75, 3.05) is 5.32 Å². The average Bonchev–Trinajstić information content (AvgIpc) is 3.37. The van der Waals surface area contributed by atoms with Crippen molar-refractivity contribution in [2.45, 2.75) is 13.2 Å². The third-order valence-electron chi connectivity index (χ3n) is 4.20. The van der Waals surface area contributed by atoms with Crippen molar-refractivity contribution >= 4 is 39.3 Å². The summed E-state index contributed by atoms with van der Waals surface area (Å²) in [6.07, 6.45) is 1.79. The summed E-state index contributed by atoms with van der Waals surface area (Å²) < 4.78 is 13.9. The van der Waals surface area contributed by atoms with Crippen LogP contribution in [0.25, 0.3) is 0 Å². The number of carbonyl (C=O) groups is 1. The third-order valence-corrected chi connectivity index (χ3v) is 4.96. The number of ether oxygens (including phenoxy) is 1. The fraction of sp³-hybridized carbons (Fsp3) is 0.0909. The fourth-order valence-corrected chi connectivity index (χ4v) is 3.26. The van der Waals surface area contributed by atoms with Gasteiger partial charge in [-0.3, -0.25) is 9.48 Å². The van der Waals surface area contributed by atoms with Gasteiger partial charge in [-0.15, -0.1) is 0 Å². The Morgan fingerprint density at radius 2 is 1.97 bits per heavy atom. The van der Waals surface area contributed by atoms with E-state index in [0.29, 0.717) is 28.9 Å². The maximum atomic E-state index is 12.4. The van der Waals surface area contributed by atoms with Crippen molar-refractivity contribution in [1.82, 2.24) is 9.78 Å². The van der Waals surface area contributed by atoms with Gasteiger partial charge in [-0.2, -0.15) is 5.10 Å². The molecule has 1 amide bonds. The highest BCUT2D eigenvalue weighted by atomic mass is 79.9. The van der Waals surface area contributed by atoms with Gasteiger partial charge in [0.2, 0.25) is 0 Å². The van der Waals surface area contributed by atoms with Gasteiger partial charge in [-0.1, -0.05) is 39.7 Å². The molecule has 30 heavy (non-hydrogen) atoms. The summed E-state index contributed by atoms with van der Waals surface area (Å²) in [7, 11) is 0. The van der Waals surface area contributed by atoms with Crippen LogP contribution in [0.5, 0.6) is 5.75 Å². The van der Waals surface area contributed by atoms with E-state index in [1.54, 1.807) is 29.1 Å². The highest BCUT2D eigenvalue weighted by Crippen LogP contribution is 2.19. The summed E-state index contributed by atoms with van der Waals surface area (Å²) >= 11 is 9.39. The van der Waals surface area contributed by atoms with E-state index in [1.807, 2.05) is 48.5 Å². The number of rotatable bonds is 7. The van der Waals surface area contributed by atoms with Crippen LogP contribution in [0, 0.1) is 0 Å². The van der Waals surface area contributed by atoms with Crippen molar-refractivity contribution in [3.05, 3.63) is 99.5 Å². The topological polar surface area (TPSA) is 69.3 Å². The van der Waals surface area contributed by atoms with E-state index in [0.717, 1.165) is 10.0 Å². The van der Waals surface area contributed by atoms with Gasteiger partial charge >= 0.3 is 0 Å². The van der Waals surface area contributed by atoms with Gasteiger partial charge in [-0.05, 0) is 54.1 Å². The SMILES string of the molecule is O=C(Nc1ccn(Cc2cccc(Cl)c2)n1)c1ccc(COc2ccc(Br)cc2)o1. The lowest BCUT2D eigenvalue weighted by atomic mass is 10.2. The standard InChI is InChI=1S/C22H17BrClN3O3/c23-16-4-6-18(7-5-16)29-14-19-8-9-20(30-19)22(28)25-21-10-11-27(26-21)13-15-2-1-3-17(24)12-15/h1-12H,13-14H2,(H,25,26,28). The number of anilines is 1. The van der Waals surface area contributed by atoms with Gasteiger partial charge in [0.05, 0.1) is 6.54 Å². The van der Waals surface area contributed by atoms with E-state index in [9.17, 15) is 4.79 Å². The van der Waals surface area contributed by atoms with Crippen molar-refractivity contribution in [1.29, 1.82) is 0 Å². The second-order valence-electron chi connectivity index (χ2n) is 6.49. The molecule has 0 spiro atoms. The van der Waals surface area contributed by atoms with Crippen molar-refractivity contribution < 1.29 is 13.9 Å². The molecule has 2 heterocycles. The lowest BCUT2D eigenvalue weighted by Crippen LogP contribution is -2.12. The number of aromatic nitrogens is 2. The first-order valence-corrected chi connectivity index (χ1v) is 10.3. The molecule has 0 radical (unpaired) electrons. The van der Waals surface area contributed by atoms with E-state index >= 15 is 0 Å². The highest BCUT2D eigenvalue weighted by molar-refractivity contribution is 9.10. The molecule has 0 atom stereocenters. The molecule has 0 bridgehead atoms. The predicted octanol–water partition coefficient (Wildman–Crippen LogP) is 5.77. The molecule has 6 nitrogen and oxygen atoms in total. The van der Waals surface area contributed by atoms with Crippen LogP contribution in [-0.2, 0) is 13.2 Å². The van der Waals surface area contributed by atoms with Crippen LogP contribution in [0.4, 0.5) is 5.82 Å². The second-order valence-corrected chi connectivity index (χ2v) is 7.84. The zero-order valence-corrected chi connectivity index (χ0v) is 18.1. The molecule has 0 fully saturated rings. The van der Waals surface area contributed by atoms with Crippen LogP contribution in [0.2, 0.25) is 5.02 Å². The molecular formula is C22H17BrClN3O3. The number of carbonyl (C=O) groups excluding carboxylic acids is 1. The first-order valence-electron chi connectivity index (χ1n) is 9.11. The molecule has 0 aliphatic heterocycles. The van der Waals surface area contributed by atoms with Gasteiger partial charge in [0.15, 0.2) is 11.6 Å². The summed E-state index contributed by atoms with van der Waals surface area (Å²) in [6, 6.07) is 20.1. The van der Waals surface area contributed by atoms with Crippen LogP contribution >= 0.6 is 27.5 Å². The molecule has 152 valence electrons. The Balaban J connectivity index is 1.33. The van der Waals surface area contributed by atoms with E-state index in [-0.39, 0.29) is 18.3 Å². The number of hydrogen-bond donors (Lipinski definition) is 1. The van der Waals surface area contributed by atoms with Gasteiger partial charge < -0.3 is 14.5 Å². The number of halogens is 2. The van der Waals surface area contributed by atoms with Crippen LogP contribution in [0.1, 0.15) is 21.9 Å². The zero-order chi connectivity index (χ0) is 20.9. The lowest BCUT2D eigenvalue weighted by Gasteiger charge is -2.04. The first kappa shape index (κ1) is 20.3. The number of benzene rings is 2. The van der Waals surface area contributed by atoms with Crippen LogP contribution < -0.4 is 10.1 Å². The first-order chi connectivity index (χ1) is 14.5. The summed E-state index contributed by atoms with van der Waals surface area (Å²) in [5.74, 6) is 1.51. The van der Waals surface area contributed by atoms with E-state index in [1.165, 1.54) is 0 Å². The van der Waals surface area contributed by atoms with E-state index in [4.69, 9.17) is 20.8 Å². The Kier molecular flexibility index (Phi) is 6.21. The highest BCUT2D eigenvalue weighted by Gasteiger charge is 2.13. The Labute approximate surface area is 186 Å². The third kappa shape index (κ3) is 5.31. The summed E-state index contributed by atoms with van der Waals surface area (Å²) in [5, 5.41) is 7.77. The molecular weight excluding hydrogens is 470 g/mol. The second kappa shape index (κ2) is 9.19. The Bertz CT molecular complexity index is 1150. The van der Waals surface area contributed by atoms with Gasteiger partial charge in [0.25, 0.3) is 5.91 Å². The number of amides is 1. The van der Waals surface area contributed by atoms with Crippen LogP contribution in [-0.4, -0.2) is 15.7 Å². The quantitative estimate of drug-likeness (QED) is 0.360. The van der Waals surface area contributed by atoms with Crippen molar-refractivity contribution in [3.8, 4) is 5.75 Å². The number of nitrogens with one attached hydrogen (secondary N) is 1. The van der Waals surface area contributed by atoms with E-state index in [2.05, 4.69) is 26.3 Å². The minimum absolute atomic E-state index is 0.189. The van der Waals surface area contributed by atoms with E-state index < -0.39 is 0 Å². The summed E-state index contributed by atoms with van der Waals surface area (Å²) in [4.78, 5) is 12.4. The molecule has 0 saturated heterocycles. The molecule has 4 aromatic rings. The number of furan rings is 1. The number of hydrogen-bond acceptors (Lipinski definition) is 4. The zero-order valence-electron chi connectivity index (χ0n) is 15.7. The van der Waals surface area contributed by atoms with Crippen molar-refractivity contribution in [2.24, 2.45) is 0 Å².